The average Bonchev–Trinajstić information content (AvgIpc) is 3.38. The molecule has 0 aliphatic carbocycles. The summed E-state index contributed by atoms with van der Waals surface area (Å²) in [5.74, 6) is -4.16. The molecular weight excluding hydrogens is 502 g/mol. The summed E-state index contributed by atoms with van der Waals surface area (Å²) in [5, 5.41) is 17.0. The molecule has 0 fully saturated rings. The number of carboxylic acid groups (broad SMARTS) is 1. The summed E-state index contributed by atoms with van der Waals surface area (Å²) < 4.78 is 0. The molecule has 0 bridgehead atoms. The van der Waals surface area contributed by atoms with Gasteiger partial charge in [0.25, 0.3) is 0 Å². The molecule has 37 heavy (non-hydrogen) atoms. The van der Waals surface area contributed by atoms with E-state index in [0.29, 0.717) is 5.69 Å². The van der Waals surface area contributed by atoms with Gasteiger partial charge in [-0.3, -0.25) is 19.2 Å². The first-order valence-corrected chi connectivity index (χ1v) is 12.0. The second-order valence-corrected chi connectivity index (χ2v) is 8.65. The lowest BCUT2D eigenvalue weighted by atomic mass is 10.0. The Morgan fingerprint density at radius 2 is 1.57 bits per heavy atom. The van der Waals surface area contributed by atoms with Crippen LogP contribution in [0.1, 0.15) is 24.1 Å². The molecule has 0 saturated heterocycles. The van der Waals surface area contributed by atoms with Gasteiger partial charge in [-0.25, -0.2) is 9.78 Å². The van der Waals surface area contributed by atoms with Crippen LogP contribution in [0.25, 0.3) is 0 Å². The smallest absolute Gasteiger partial charge is 0.326 e. The number of thiol groups is 1. The van der Waals surface area contributed by atoms with E-state index in [1.165, 1.54) is 12.5 Å². The predicted octanol–water partition coefficient (Wildman–Crippen LogP) is -1.74. The van der Waals surface area contributed by atoms with Gasteiger partial charge in [0.1, 0.15) is 18.1 Å². The zero-order chi connectivity index (χ0) is 27.4. The minimum absolute atomic E-state index is 0.0437. The van der Waals surface area contributed by atoms with Crippen LogP contribution in [0, 0.1) is 0 Å². The summed E-state index contributed by atoms with van der Waals surface area (Å²) in [7, 11) is 0. The van der Waals surface area contributed by atoms with E-state index in [9.17, 15) is 29.1 Å². The van der Waals surface area contributed by atoms with E-state index in [1.54, 1.807) is 30.3 Å². The molecule has 4 atom stereocenters. The molecule has 1 aromatic heterocycles. The molecule has 4 unspecified atom stereocenters. The van der Waals surface area contributed by atoms with Gasteiger partial charge in [0.15, 0.2) is 0 Å². The zero-order valence-electron chi connectivity index (χ0n) is 19.9. The van der Waals surface area contributed by atoms with Crippen molar-refractivity contribution in [1.82, 2.24) is 25.9 Å². The third kappa shape index (κ3) is 9.93. The first-order chi connectivity index (χ1) is 17.6. The predicted molar refractivity (Wildman–Crippen MR) is 136 cm³/mol. The number of nitrogens with two attached hydrogens (primary N) is 2. The van der Waals surface area contributed by atoms with E-state index in [2.05, 4.69) is 38.5 Å². The van der Waals surface area contributed by atoms with Gasteiger partial charge in [0, 0.05) is 36.9 Å². The number of rotatable bonds is 15. The first kappa shape index (κ1) is 29.3. The van der Waals surface area contributed by atoms with E-state index in [-0.39, 0.29) is 31.4 Å². The molecule has 2 rings (SSSR count). The Morgan fingerprint density at radius 1 is 0.946 bits per heavy atom. The van der Waals surface area contributed by atoms with Crippen LogP contribution in [0.4, 0.5) is 0 Å². The van der Waals surface area contributed by atoms with Crippen LogP contribution >= 0.6 is 12.6 Å². The van der Waals surface area contributed by atoms with Gasteiger partial charge < -0.3 is 37.5 Å². The van der Waals surface area contributed by atoms with Gasteiger partial charge in [0.05, 0.1) is 12.4 Å². The summed E-state index contributed by atoms with van der Waals surface area (Å²) in [6, 6.07) is 4.10. The molecule has 0 spiro atoms. The number of primary amides is 1. The van der Waals surface area contributed by atoms with Gasteiger partial charge in [0.2, 0.25) is 23.6 Å². The summed E-state index contributed by atoms with van der Waals surface area (Å²) in [4.78, 5) is 68.3. The Bertz CT molecular complexity index is 1070. The number of carbonyl (C=O) groups excluding carboxylic acids is 4. The summed E-state index contributed by atoms with van der Waals surface area (Å²) in [6.45, 7) is 0. The molecule has 13 nitrogen and oxygen atoms in total. The first-order valence-electron chi connectivity index (χ1n) is 11.4. The summed E-state index contributed by atoms with van der Waals surface area (Å²) >= 11 is 4.00. The SMILES string of the molecule is NC(=O)CCC(NC(=O)C(Cc1ccccc1)NC(=O)C(N)CS)C(=O)NC(Cc1cnc[nH]1)C(=O)O. The van der Waals surface area contributed by atoms with E-state index in [0.717, 1.165) is 5.56 Å². The topological polar surface area (TPSA) is 222 Å². The van der Waals surface area contributed by atoms with Crippen molar-refractivity contribution in [2.24, 2.45) is 11.5 Å². The van der Waals surface area contributed by atoms with Crippen LogP contribution in [0.2, 0.25) is 0 Å². The van der Waals surface area contributed by atoms with Crippen LogP contribution in [-0.2, 0) is 36.8 Å². The third-order valence-electron chi connectivity index (χ3n) is 5.35. The highest BCUT2D eigenvalue weighted by Gasteiger charge is 2.30. The molecule has 9 N–H and O–H groups in total. The number of aromatic amines is 1. The minimum Gasteiger partial charge on any atom is -0.480 e. The fourth-order valence-corrected chi connectivity index (χ4v) is 3.50. The van der Waals surface area contributed by atoms with Crippen molar-refractivity contribution in [2.45, 2.75) is 49.9 Å². The van der Waals surface area contributed by atoms with Gasteiger partial charge >= 0.3 is 5.97 Å². The van der Waals surface area contributed by atoms with Crippen LogP contribution < -0.4 is 27.4 Å². The summed E-state index contributed by atoms with van der Waals surface area (Å²) in [5.41, 5.74) is 12.1. The second kappa shape index (κ2) is 14.6. The molecule has 0 aliphatic heterocycles. The second-order valence-electron chi connectivity index (χ2n) is 8.29. The van der Waals surface area contributed by atoms with Gasteiger partial charge in [-0.2, -0.15) is 12.6 Å². The number of imidazole rings is 1. The Balaban J connectivity index is 2.21. The maximum atomic E-state index is 13.2. The maximum Gasteiger partial charge on any atom is 0.326 e. The number of nitrogens with zero attached hydrogens (tertiary/aromatic N) is 1. The number of H-pyrrole nitrogens is 1. The third-order valence-corrected chi connectivity index (χ3v) is 5.75. The quantitative estimate of drug-likeness (QED) is 0.122. The lowest BCUT2D eigenvalue weighted by molar-refractivity contribution is -0.142. The number of hydrogen-bond donors (Lipinski definition) is 8. The number of carboxylic acids is 1. The molecule has 4 amide bonds. The Hall–Kier alpha value is -3.91. The van der Waals surface area contributed by atoms with Crippen LogP contribution in [0.3, 0.4) is 0 Å². The number of benzene rings is 1. The molecule has 14 heteroatoms. The number of amides is 4. The minimum atomic E-state index is -1.34. The van der Waals surface area contributed by atoms with Crippen molar-refractivity contribution in [2.75, 3.05) is 5.75 Å². The number of hydrogen-bond acceptors (Lipinski definition) is 8. The number of aliphatic carboxylic acids is 1. The van der Waals surface area contributed by atoms with Crippen LogP contribution in [0.15, 0.2) is 42.9 Å². The standard InChI is InChI=1S/C23H31N7O6S/c24-15(11-37)20(32)29-17(8-13-4-2-1-3-5-13)22(34)28-16(6-7-19(25)31)21(33)30-18(23(35)36)9-14-10-26-12-27-14/h1-5,10,12,15-18,37H,6-9,11,24H2,(H2,25,31)(H,26,27)(H,28,34)(H,29,32)(H,30,33)(H,35,36). The fraction of sp³-hybridized carbons (Fsp3) is 0.391. The van der Waals surface area contributed by atoms with Crippen molar-refractivity contribution in [3.05, 3.63) is 54.1 Å². The lowest BCUT2D eigenvalue weighted by Gasteiger charge is -2.25. The van der Waals surface area contributed by atoms with E-state index in [1.807, 2.05) is 0 Å². The molecular formula is C23H31N7O6S. The Kier molecular flexibility index (Phi) is 11.6. The van der Waals surface area contributed by atoms with Gasteiger partial charge in [-0.05, 0) is 12.0 Å². The number of nitrogens with one attached hydrogen (secondary N) is 4. The molecule has 2 aromatic rings. The van der Waals surface area contributed by atoms with E-state index < -0.39 is 53.8 Å². The molecule has 1 heterocycles. The lowest BCUT2D eigenvalue weighted by Crippen LogP contribution is -2.58. The van der Waals surface area contributed by atoms with Gasteiger partial charge in [-0.15, -0.1) is 0 Å². The monoisotopic (exact) mass is 533 g/mol. The molecule has 0 saturated carbocycles. The van der Waals surface area contributed by atoms with Crippen LogP contribution in [0.5, 0.6) is 0 Å². The Morgan fingerprint density at radius 3 is 2.14 bits per heavy atom. The highest BCUT2D eigenvalue weighted by atomic mass is 32.1. The van der Waals surface area contributed by atoms with E-state index in [4.69, 9.17) is 11.5 Å². The van der Waals surface area contributed by atoms with E-state index >= 15 is 0 Å². The summed E-state index contributed by atoms with van der Waals surface area (Å²) in [6.07, 6.45) is 2.33. The Labute approximate surface area is 218 Å². The van der Waals surface area contributed by atoms with Crippen molar-refractivity contribution in [3.63, 3.8) is 0 Å². The molecule has 0 aliphatic rings. The molecule has 1 aromatic carbocycles. The van der Waals surface area contributed by atoms with Crippen molar-refractivity contribution in [3.8, 4) is 0 Å². The molecule has 0 radical (unpaired) electrons. The fourth-order valence-electron chi connectivity index (χ4n) is 3.34. The van der Waals surface area contributed by atoms with Crippen molar-refractivity contribution < 1.29 is 29.1 Å². The molecule has 200 valence electrons. The number of aromatic nitrogens is 2. The maximum absolute atomic E-state index is 13.2. The average molecular weight is 534 g/mol. The largest absolute Gasteiger partial charge is 0.480 e. The highest BCUT2D eigenvalue weighted by Crippen LogP contribution is 2.07. The van der Waals surface area contributed by atoms with Crippen LogP contribution in [-0.4, -0.2) is 74.6 Å². The van der Waals surface area contributed by atoms with Crippen molar-refractivity contribution >= 4 is 42.2 Å². The number of carbonyl (C=O) groups is 5. The van der Waals surface area contributed by atoms with Gasteiger partial charge in [-0.1, -0.05) is 30.3 Å². The normalized spacial score (nSPS) is 14.0. The van der Waals surface area contributed by atoms with Crippen molar-refractivity contribution in [1.29, 1.82) is 0 Å². The zero-order valence-corrected chi connectivity index (χ0v) is 20.8. The highest BCUT2D eigenvalue weighted by molar-refractivity contribution is 7.80.